The first-order valence-electron chi connectivity index (χ1n) is 3.87. The fourth-order valence-corrected chi connectivity index (χ4v) is 0.925. The quantitative estimate of drug-likeness (QED) is 0.500. The number of nitrogens with zero attached hydrogens (tertiary/aromatic N) is 1. The molecule has 0 aliphatic heterocycles. The highest BCUT2D eigenvalue weighted by Gasteiger charge is 2.04. The molecule has 4 heteroatoms. The van der Waals surface area contributed by atoms with Gasteiger partial charge in [-0.25, -0.2) is 4.79 Å². The van der Waals surface area contributed by atoms with Crippen molar-refractivity contribution in [3.05, 3.63) is 0 Å². The molecule has 0 aliphatic carbocycles. The second-order valence-corrected chi connectivity index (χ2v) is 2.95. The van der Waals surface area contributed by atoms with Gasteiger partial charge in [-0.15, -0.1) is 0 Å². The van der Waals surface area contributed by atoms with Crippen molar-refractivity contribution in [2.45, 2.75) is 32.6 Å². The van der Waals surface area contributed by atoms with Gasteiger partial charge in [0.05, 0.1) is 0 Å². The minimum absolute atomic E-state index is 0.526. The lowest BCUT2D eigenvalue weighted by atomic mass is 10.2. The Bertz CT molecular complexity index is 119. The number of hydrogen-bond acceptors (Lipinski definition) is 2. The minimum Gasteiger partial charge on any atom is -0.464 e. The molecular weight excluding hydrogens is 162 g/mol. The number of amides is 1. The van der Waals surface area contributed by atoms with E-state index in [9.17, 15) is 4.79 Å². The Kier molecular flexibility index (Phi) is 6.12. The van der Waals surface area contributed by atoms with Crippen molar-refractivity contribution in [3.8, 4) is 0 Å². The molecule has 0 aromatic rings. The van der Waals surface area contributed by atoms with Crippen molar-refractivity contribution in [3.63, 3.8) is 0 Å². The molecule has 1 amide bonds. The number of carbonyl (C=O) groups is 1. The lowest BCUT2D eigenvalue weighted by Gasteiger charge is -2.09. The van der Waals surface area contributed by atoms with E-state index < -0.39 is 6.09 Å². The van der Waals surface area contributed by atoms with Crippen molar-refractivity contribution in [2.24, 2.45) is 0 Å². The first-order chi connectivity index (χ1) is 5.18. The summed E-state index contributed by atoms with van der Waals surface area (Å²) in [6.07, 6.45) is 3.36. The van der Waals surface area contributed by atoms with Crippen LogP contribution in [0.15, 0.2) is 0 Å². The molecule has 66 valence electrons. The topological polar surface area (TPSA) is 40.5 Å². The smallest absolute Gasteiger partial charge is 0.417 e. The van der Waals surface area contributed by atoms with Crippen molar-refractivity contribution in [1.82, 2.24) is 4.31 Å². The van der Waals surface area contributed by atoms with Gasteiger partial charge in [0.1, 0.15) is 0 Å². The van der Waals surface area contributed by atoms with Crippen LogP contribution in [-0.4, -0.2) is 22.0 Å². The van der Waals surface area contributed by atoms with Crippen LogP contribution < -0.4 is 0 Å². The Morgan fingerprint density at radius 2 is 2.09 bits per heavy atom. The van der Waals surface area contributed by atoms with Crippen LogP contribution >= 0.6 is 12.8 Å². The molecule has 0 aliphatic rings. The minimum atomic E-state index is -0.968. The van der Waals surface area contributed by atoms with E-state index >= 15 is 0 Å². The molecule has 0 heterocycles. The molecule has 0 fully saturated rings. The summed E-state index contributed by atoms with van der Waals surface area (Å²) in [6, 6.07) is 0. The average Bonchev–Trinajstić information content (AvgIpc) is 1.97. The van der Waals surface area contributed by atoms with Crippen molar-refractivity contribution < 1.29 is 9.90 Å². The van der Waals surface area contributed by atoms with Crippen LogP contribution in [0.5, 0.6) is 0 Å². The first-order valence-corrected chi connectivity index (χ1v) is 4.27. The Morgan fingerprint density at radius 3 is 2.55 bits per heavy atom. The van der Waals surface area contributed by atoms with Crippen LogP contribution in [0.3, 0.4) is 0 Å². The highest BCUT2D eigenvalue weighted by molar-refractivity contribution is 7.78. The maximum absolute atomic E-state index is 10.2. The molecule has 0 spiro atoms. The van der Waals surface area contributed by atoms with E-state index in [1.54, 1.807) is 0 Å². The van der Waals surface area contributed by atoms with Crippen LogP contribution in [0.25, 0.3) is 0 Å². The zero-order valence-corrected chi connectivity index (χ0v) is 7.68. The Balaban J connectivity index is 3.17. The predicted octanol–water partition coefficient (Wildman–Crippen LogP) is 2.39. The zero-order valence-electron chi connectivity index (χ0n) is 6.79. The van der Waals surface area contributed by atoms with Gasteiger partial charge >= 0.3 is 6.09 Å². The van der Waals surface area contributed by atoms with Gasteiger partial charge in [-0.2, -0.15) is 0 Å². The normalized spacial score (nSPS) is 9.64. The van der Waals surface area contributed by atoms with Crippen LogP contribution in [0.1, 0.15) is 32.6 Å². The SMILES string of the molecule is CCCCCCN(S)C(=O)O. The molecule has 0 rings (SSSR count). The largest absolute Gasteiger partial charge is 0.464 e. The van der Waals surface area contributed by atoms with E-state index in [0.717, 1.165) is 17.1 Å². The van der Waals surface area contributed by atoms with Gasteiger partial charge in [-0.05, 0) is 6.42 Å². The second-order valence-electron chi connectivity index (χ2n) is 2.47. The summed E-state index contributed by atoms with van der Waals surface area (Å²) in [4.78, 5) is 10.2. The molecule has 0 unspecified atom stereocenters. The van der Waals surface area contributed by atoms with Gasteiger partial charge in [0.25, 0.3) is 0 Å². The lowest BCUT2D eigenvalue weighted by molar-refractivity contribution is 0.175. The fraction of sp³-hybridized carbons (Fsp3) is 0.857. The Hall–Kier alpha value is -0.380. The summed E-state index contributed by atoms with van der Waals surface area (Å²) >= 11 is 3.76. The second kappa shape index (κ2) is 6.34. The summed E-state index contributed by atoms with van der Waals surface area (Å²) in [5.74, 6) is 0. The van der Waals surface area contributed by atoms with Crippen LogP contribution in [0.2, 0.25) is 0 Å². The highest BCUT2D eigenvalue weighted by Crippen LogP contribution is 2.02. The van der Waals surface area contributed by atoms with E-state index in [1.807, 2.05) is 0 Å². The van der Waals surface area contributed by atoms with Gasteiger partial charge < -0.3 is 5.11 Å². The van der Waals surface area contributed by atoms with Crippen LogP contribution in [-0.2, 0) is 0 Å². The third kappa shape index (κ3) is 6.04. The summed E-state index contributed by atoms with van der Waals surface area (Å²) in [7, 11) is 0. The summed E-state index contributed by atoms with van der Waals surface area (Å²) in [5, 5.41) is 8.39. The molecule has 3 nitrogen and oxygen atoms in total. The molecule has 0 aromatic carbocycles. The van der Waals surface area contributed by atoms with Gasteiger partial charge in [0, 0.05) is 6.54 Å². The van der Waals surface area contributed by atoms with E-state index in [0.29, 0.717) is 6.54 Å². The van der Waals surface area contributed by atoms with E-state index in [1.165, 1.54) is 12.8 Å². The maximum Gasteiger partial charge on any atom is 0.417 e. The van der Waals surface area contributed by atoms with Crippen molar-refractivity contribution in [2.75, 3.05) is 6.54 Å². The lowest BCUT2D eigenvalue weighted by Crippen LogP contribution is -2.20. The Morgan fingerprint density at radius 1 is 1.45 bits per heavy atom. The molecule has 0 atom stereocenters. The molecule has 11 heavy (non-hydrogen) atoms. The summed E-state index contributed by atoms with van der Waals surface area (Å²) in [6.45, 7) is 2.65. The van der Waals surface area contributed by atoms with Gasteiger partial charge in [0.15, 0.2) is 0 Å². The van der Waals surface area contributed by atoms with E-state index in [4.69, 9.17) is 5.11 Å². The van der Waals surface area contributed by atoms with Crippen LogP contribution in [0.4, 0.5) is 4.79 Å². The first kappa shape index (κ1) is 10.6. The molecule has 1 N–H and O–H groups in total. The average molecular weight is 177 g/mol. The third-order valence-electron chi connectivity index (χ3n) is 1.44. The number of carboxylic acid groups (broad SMARTS) is 1. The van der Waals surface area contributed by atoms with Crippen LogP contribution in [0, 0.1) is 0 Å². The van der Waals surface area contributed by atoms with Crippen molar-refractivity contribution >= 4 is 18.9 Å². The molecule has 0 bridgehead atoms. The van der Waals surface area contributed by atoms with Gasteiger partial charge in [-0.3, -0.25) is 4.31 Å². The zero-order chi connectivity index (χ0) is 8.69. The fourth-order valence-electron chi connectivity index (χ4n) is 0.784. The number of hydrogen-bond donors (Lipinski definition) is 2. The molecule has 0 saturated carbocycles. The summed E-state index contributed by atoms with van der Waals surface area (Å²) in [5.41, 5.74) is 0. The highest BCUT2D eigenvalue weighted by atomic mass is 32.1. The maximum atomic E-state index is 10.2. The standard InChI is InChI=1S/C7H15NO2S/c1-2-3-4-5-6-8(11)7(9)10/h11H,2-6H2,1H3,(H,9,10). The summed E-state index contributed by atoms with van der Waals surface area (Å²) < 4.78 is 1.02. The van der Waals surface area contributed by atoms with E-state index in [2.05, 4.69) is 19.7 Å². The monoisotopic (exact) mass is 177 g/mol. The molecule has 0 radical (unpaired) electrons. The van der Waals surface area contributed by atoms with Gasteiger partial charge in [-0.1, -0.05) is 39.0 Å². The molecule has 0 saturated heterocycles. The van der Waals surface area contributed by atoms with E-state index in [-0.39, 0.29) is 0 Å². The van der Waals surface area contributed by atoms with Crippen molar-refractivity contribution in [1.29, 1.82) is 0 Å². The number of unbranched alkanes of at least 4 members (excludes halogenated alkanes) is 3. The molecule has 0 aromatic heterocycles. The third-order valence-corrected chi connectivity index (χ3v) is 1.82. The predicted molar refractivity (Wildman–Crippen MR) is 47.9 cm³/mol. The number of rotatable bonds is 5. The Labute approximate surface area is 72.9 Å². The number of thiol groups is 1. The molecular formula is C7H15NO2S. The van der Waals surface area contributed by atoms with Gasteiger partial charge in [0.2, 0.25) is 0 Å².